The van der Waals surface area contributed by atoms with Crippen LogP contribution in [0.3, 0.4) is 0 Å². The first-order valence-corrected chi connectivity index (χ1v) is 7.55. The first-order valence-electron chi connectivity index (χ1n) is 5.77. The van der Waals surface area contributed by atoms with Crippen LogP contribution in [0.25, 0.3) is 5.69 Å². The second kappa shape index (κ2) is 6.36. The highest BCUT2D eigenvalue weighted by Gasteiger charge is 2.17. The van der Waals surface area contributed by atoms with Gasteiger partial charge < -0.3 is 5.11 Å². The van der Waals surface area contributed by atoms with E-state index in [1.807, 2.05) is 6.92 Å². The summed E-state index contributed by atoms with van der Waals surface area (Å²) in [6, 6.07) is 4.55. The summed E-state index contributed by atoms with van der Waals surface area (Å²) < 4.78 is 16.3. The third-order valence-corrected chi connectivity index (χ3v) is 3.90. The molecule has 1 N–H and O–H groups in total. The van der Waals surface area contributed by atoms with Crippen molar-refractivity contribution in [1.29, 1.82) is 0 Å². The number of halogens is 2. The molecule has 0 spiro atoms. The van der Waals surface area contributed by atoms with E-state index >= 15 is 0 Å². The number of hydrogen-bond acceptors (Lipinski definition) is 4. The van der Waals surface area contributed by atoms with E-state index in [0.717, 1.165) is 16.2 Å². The predicted molar refractivity (Wildman–Crippen MR) is 76.8 cm³/mol. The van der Waals surface area contributed by atoms with E-state index in [-0.39, 0.29) is 5.75 Å². The zero-order valence-corrected chi connectivity index (χ0v) is 12.9. The van der Waals surface area contributed by atoms with E-state index in [1.165, 1.54) is 6.07 Å². The summed E-state index contributed by atoms with van der Waals surface area (Å²) in [5.74, 6) is -0.954. The molecule has 1 aromatic carbocycles. The number of nitrogens with zero attached hydrogens (tertiary/aromatic N) is 3. The first kappa shape index (κ1) is 15.0. The molecule has 0 unspecified atom stereocenters. The van der Waals surface area contributed by atoms with Gasteiger partial charge in [0.2, 0.25) is 0 Å². The Labute approximate surface area is 127 Å². The average Bonchev–Trinajstić information content (AvgIpc) is 2.82. The molecule has 20 heavy (non-hydrogen) atoms. The predicted octanol–water partition coefficient (Wildman–Crippen LogP) is 2.91. The van der Waals surface area contributed by atoms with E-state index in [9.17, 15) is 9.18 Å². The van der Waals surface area contributed by atoms with Crippen molar-refractivity contribution in [3.63, 3.8) is 0 Å². The molecule has 106 valence electrons. The Hall–Kier alpha value is -1.41. The van der Waals surface area contributed by atoms with Gasteiger partial charge in [-0.3, -0.25) is 9.36 Å². The monoisotopic (exact) mass is 359 g/mol. The van der Waals surface area contributed by atoms with Crippen molar-refractivity contribution in [1.82, 2.24) is 14.8 Å². The van der Waals surface area contributed by atoms with Crippen LogP contribution in [0.15, 0.2) is 27.8 Å². The number of carboxylic acids is 1. The first-order chi connectivity index (χ1) is 9.52. The molecule has 5 nitrogen and oxygen atoms in total. The molecule has 1 aromatic heterocycles. The number of rotatable bonds is 5. The van der Waals surface area contributed by atoms with Crippen LogP contribution in [0.2, 0.25) is 0 Å². The van der Waals surface area contributed by atoms with E-state index < -0.39 is 11.8 Å². The summed E-state index contributed by atoms with van der Waals surface area (Å²) in [7, 11) is 0. The number of carboxylic acid groups (broad SMARTS) is 1. The van der Waals surface area contributed by atoms with Crippen molar-refractivity contribution in [3.05, 3.63) is 34.3 Å². The van der Waals surface area contributed by atoms with Crippen LogP contribution in [-0.4, -0.2) is 31.6 Å². The summed E-state index contributed by atoms with van der Waals surface area (Å²) >= 11 is 4.30. The highest BCUT2D eigenvalue weighted by Crippen LogP contribution is 2.26. The molecule has 2 aromatic rings. The number of thioether (sulfide) groups is 1. The number of carbonyl (C=O) groups is 1. The van der Waals surface area contributed by atoms with Crippen molar-refractivity contribution in [2.24, 2.45) is 0 Å². The summed E-state index contributed by atoms with van der Waals surface area (Å²) in [6.45, 7) is 1.88. The summed E-state index contributed by atoms with van der Waals surface area (Å²) in [6.07, 6.45) is 0.562. The zero-order valence-electron chi connectivity index (χ0n) is 10.5. The Bertz CT molecular complexity index is 648. The standard InChI is InChI=1S/C12H11BrFN3O2S/c1-2-10-15-16-12(20-6-11(18)19)17(10)9-5-7(13)3-4-8(9)14/h3-5H,2,6H2,1H3,(H,18,19). The molecular formula is C12H11BrFN3O2S. The molecule has 2 rings (SSSR count). The van der Waals surface area contributed by atoms with Crippen molar-refractivity contribution in [2.45, 2.75) is 18.5 Å². The van der Waals surface area contributed by atoms with E-state index in [2.05, 4.69) is 26.1 Å². The molecule has 0 aliphatic heterocycles. The smallest absolute Gasteiger partial charge is 0.313 e. The third kappa shape index (κ3) is 3.18. The minimum absolute atomic E-state index is 0.155. The fourth-order valence-electron chi connectivity index (χ4n) is 1.65. The Morgan fingerprint density at radius 2 is 2.25 bits per heavy atom. The van der Waals surface area contributed by atoms with Gasteiger partial charge in [-0.1, -0.05) is 34.6 Å². The normalized spacial score (nSPS) is 10.8. The molecule has 0 fully saturated rings. The molecule has 0 aliphatic carbocycles. The molecule has 0 aliphatic rings. The maximum Gasteiger partial charge on any atom is 0.313 e. The Kier molecular flexibility index (Phi) is 4.77. The Morgan fingerprint density at radius 3 is 2.90 bits per heavy atom. The molecule has 0 saturated heterocycles. The number of aliphatic carboxylic acids is 1. The lowest BCUT2D eigenvalue weighted by Gasteiger charge is -2.10. The fraction of sp³-hybridized carbons (Fsp3) is 0.250. The summed E-state index contributed by atoms with van der Waals surface area (Å²) in [5, 5.41) is 17.0. The number of benzene rings is 1. The van der Waals surface area contributed by atoms with Crippen molar-refractivity contribution in [3.8, 4) is 5.69 Å². The molecule has 0 bridgehead atoms. The van der Waals surface area contributed by atoms with Crippen molar-refractivity contribution in [2.75, 3.05) is 5.75 Å². The van der Waals surface area contributed by atoms with E-state index in [0.29, 0.717) is 23.1 Å². The maximum atomic E-state index is 14.0. The number of hydrogen-bond donors (Lipinski definition) is 1. The van der Waals surface area contributed by atoms with Gasteiger partial charge in [-0.2, -0.15) is 0 Å². The van der Waals surface area contributed by atoms with E-state index in [1.54, 1.807) is 16.7 Å². The van der Waals surface area contributed by atoms with Gasteiger partial charge in [0.15, 0.2) is 5.16 Å². The van der Waals surface area contributed by atoms with Crippen LogP contribution >= 0.6 is 27.7 Å². The van der Waals surface area contributed by atoms with Gasteiger partial charge in [0, 0.05) is 10.9 Å². The van der Waals surface area contributed by atoms with Gasteiger partial charge >= 0.3 is 5.97 Å². The van der Waals surface area contributed by atoms with Crippen molar-refractivity contribution >= 4 is 33.7 Å². The molecular weight excluding hydrogens is 349 g/mol. The summed E-state index contributed by atoms with van der Waals surface area (Å²) in [5.41, 5.74) is 0.300. The van der Waals surface area contributed by atoms with Crippen molar-refractivity contribution < 1.29 is 14.3 Å². The van der Waals surface area contributed by atoms with Gasteiger partial charge in [0.1, 0.15) is 11.6 Å². The van der Waals surface area contributed by atoms with Crippen LogP contribution in [-0.2, 0) is 11.2 Å². The topological polar surface area (TPSA) is 68.0 Å². The maximum absolute atomic E-state index is 14.0. The van der Waals surface area contributed by atoms with Crippen LogP contribution in [0.1, 0.15) is 12.7 Å². The highest BCUT2D eigenvalue weighted by atomic mass is 79.9. The molecule has 0 radical (unpaired) electrons. The van der Waals surface area contributed by atoms with Crippen LogP contribution in [0.4, 0.5) is 4.39 Å². The lowest BCUT2D eigenvalue weighted by molar-refractivity contribution is -0.133. The lowest BCUT2D eigenvalue weighted by Crippen LogP contribution is -2.06. The van der Waals surface area contributed by atoms with Crippen LogP contribution in [0, 0.1) is 5.82 Å². The highest BCUT2D eigenvalue weighted by molar-refractivity contribution is 9.10. The molecule has 0 saturated carbocycles. The summed E-state index contributed by atoms with van der Waals surface area (Å²) in [4.78, 5) is 10.7. The third-order valence-electron chi connectivity index (χ3n) is 2.49. The minimum atomic E-state index is -0.961. The Balaban J connectivity index is 2.50. The van der Waals surface area contributed by atoms with Gasteiger partial charge in [-0.25, -0.2) is 4.39 Å². The second-order valence-corrected chi connectivity index (χ2v) is 5.72. The zero-order chi connectivity index (χ0) is 14.7. The van der Waals surface area contributed by atoms with Gasteiger partial charge in [-0.15, -0.1) is 10.2 Å². The van der Waals surface area contributed by atoms with E-state index in [4.69, 9.17) is 5.11 Å². The Morgan fingerprint density at radius 1 is 1.50 bits per heavy atom. The number of aryl methyl sites for hydroxylation is 1. The molecule has 0 atom stereocenters. The lowest BCUT2D eigenvalue weighted by atomic mass is 10.3. The molecule has 0 amide bonds. The van der Waals surface area contributed by atoms with Gasteiger partial charge in [-0.05, 0) is 18.2 Å². The fourth-order valence-corrected chi connectivity index (χ4v) is 2.68. The average molecular weight is 360 g/mol. The quantitative estimate of drug-likeness (QED) is 0.831. The minimum Gasteiger partial charge on any atom is -0.481 e. The second-order valence-electron chi connectivity index (χ2n) is 3.87. The van der Waals surface area contributed by atoms with Crippen LogP contribution < -0.4 is 0 Å². The molecule has 8 heteroatoms. The SMILES string of the molecule is CCc1nnc(SCC(=O)O)n1-c1cc(Br)ccc1F. The van der Waals surface area contributed by atoms with Gasteiger partial charge in [0.25, 0.3) is 0 Å². The van der Waals surface area contributed by atoms with Crippen LogP contribution in [0.5, 0.6) is 0 Å². The van der Waals surface area contributed by atoms with Gasteiger partial charge in [0.05, 0.1) is 11.4 Å². The number of aromatic nitrogens is 3. The molecule has 1 heterocycles. The largest absolute Gasteiger partial charge is 0.481 e.